The second kappa shape index (κ2) is 7.34. The maximum atomic E-state index is 13.0. The van der Waals surface area contributed by atoms with Gasteiger partial charge in [-0.05, 0) is 41.8 Å². The van der Waals surface area contributed by atoms with Gasteiger partial charge in [0.2, 0.25) is 0 Å². The van der Waals surface area contributed by atoms with Crippen LogP contribution in [0.25, 0.3) is 0 Å². The van der Waals surface area contributed by atoms with Crippen molar-refractivity contribution in [3.63, 3.8) is 0 Å². The number of hydrogen-bond donors (Lipinski definition) is 1. The summed E-state index contributed by atoms with van der Waals surface area (Å²) >= 11 is 1.81. The van der Waals surface area contributed by atoms with E-state index in [1.54, 1.807) is 6.07 Å². The average molecular weight is 289 g/mol. The summed E-state index contributed by atoms with van der Waals surface area (Å²) in [6, 6.07) is 15.3. The van der Waals surface area contributed by atoms with Gasteiger partial charge in [-0.1, -0.05) is 32.0 Å². The minimum atomic E-state index is -0.202. The first kappa shape index (κ1) is 14.9. The van der Waals surface area contributed by atoms with Crippen LogP contribution in [-0.2, 0) is 0 Å². The Bertz CT molecular complexity index is 537. The van der Waals surface area contributed by atoms with Gasteiger partial charge in [-0.25, -0.2) is 4.39 Å². The standard InChI is InChI=1S/C17H20FNS/c1-13(2)14-6-8-17(9-7-14)20-11-10-19-16-5-3-4-15(18)12-16/h3-9,12-13,19H,10-11H2,1-2H3. The van der Waals surface area contributed by atoms with E-state index in [0.29, 0.717) is 5.92 Å². The Labute approximate surface area is 124 Å². The van der Waals surface area contributed by atoms with Crippen LogP contribution in [0.4, 0.5) is 10.1 Å². The average Bonchev–Trinajstić information content (AvgIpc) is 2.44. The zero-order valence-electron chi connectivity index (χ0n) is 11.9. The van der Waals surface area contributed by atoms with Gasteiger partial charge in [0.1, 0.15) is 5.82 Å². The summed E-state index contributed by atoms with van der Waals surface area (Å²) in [5, 5.41) is 3.22. The molecule has 0 bridgehead atoms. The topological polar surface area (TPSA) is 12.0 Å². The minimum Gasteiger partial charge on any atom is -0.384 e. The molecule has 2 aromatic carbocycles. The van der Waals surface area contributed by atoms with E-state index in [4.69, 9.17) is 0 Å². The molecule has 0 saturated heterocycles. The maximum Gasteiger partial charge on any atom is 0.125 e. The first-order valence-electron chi connectivity index (χ1n) is 6.87. The molecule has 0 radical (unpaired) electrons. The van der Waals surface area contributed by atoms with Crippen molar-refractivity contribution in [3.05, 3.63) is 59.9 Å². The zero-order valence-corrected chi connectivity index (χ0v) is 12.7. The lowest BCUT2D eigenvalue weighted by molar-refractivity contribution is 0.628. The monoisotopic (exact) mass is 289 g/mol. The van der Waals surface area contributed by atoms with Crippen molar-refractivity contribution >= 4 is 17.4 Å². The maximum absolute atomic E-state index is 13.0. The van der Waals surface area contributed by atoms with Crippen molar-refractivity contribution in [2.75, 3.05) is 17.6 Å². The Hall–Kier alpha value is -1.48. The molecule has 106 valence electrons. The van der Waals surface area contributed by atoms with E-state index in [-0.39, 0.29) is 5.82 Å². The molecule has 0 spiro atoms. The fourth-order valence-corrected chi connectivity index (χ4v) is 2.68. The second-order valence-corrected chi connectivity index (χ2v) is 6.18. The van der Waals surface area contributed by atoms with Crippen molar-refractivity contribution < 1.29 is 4.39 Å². The summed E-state index contributed by atoms with van der Waals surface area (Å²) in [5.41, 5.74) is 2.20. The van der Waals surface area contributed by atoms with Gasteiger partial charge in [-0.15, -0.1) is 11.8 Å². The molecule has 3 heteroatoms. The van der Waals surface area contributed by atoms with Crippen LogP contribution < -0.4 is 5.32 Å². The molecule has 0 fully saturated rings. The molecule has 2 rings (SSSR count). The highest BCUT2D eigenvalue weighted by molar-refractivity contribution is 7.99. The molecule has 0 heterocycles. The highest BCUT2D eigenvalue weighted by Gasteiger charge is 1.99. The molecule has 1 nitrogen and oxygen atoms in total. The molecular formula is C17H20FNS. The largest absolute Gasteiger partial charge is 0.384 e. The molecule has 0 aliphatic carbocycles. The molecule has 20 heavy (non-hydrogen) atoms. The smallest absolute Gasteiger partial charge is 0.125 e. The Morgan fingerprint density at radius 2 is 1.85 bits per heavy atom. The summed E-state index contributed by atoms with van der Waals surface area (Å²) in [7, 11) is 0. The molecule has 0 saturated carbocycles. The third kappa shape index (κ3) is 4.57. The van der Waals surface area contributed by atoms with Crippen LogP contribution in [0.15, 0.2) is 53.4 Å². The molecule has 0 aliphatic rings. The predicted octanol–water partition coefficient (Wildman–Crippen LogP) is 5.15. The molecule has 0 aromatic heterocycles. The lowest BCUT2D eigenvalue weighted by Crippen LogP contribution is -2.03. The van der Waals surface area contributed by atoms with Crippen molar-refractivity contribution in [3.8, 4) is 0 Å². The van der Waals surface area contributed by atoms with Crippen LogP contribution in [0.5, 0.6) is 0 Å². The fraction of sp³-hybridized carbons (Fsp3) is 0.294. The molecule has 1 N–H and O–H groups in total. The van der Waals surface area contributed by atoms with E-state index in [0.717, 1.165) is 18.0 Å². The molecular weight excluding hydrogens is 269 g/mol. The third-order valence-electron chi connectivity index (χ3n) is 3.07. The lowest BCUT2D eigenvalue weighted by Gasteiger charge is -2.08. The highest BCUT2D eigenvalue weighted by Crippen LogP contribution is 2.21. The van der Waals surface area contributed by atoms with Gasteiger partial charge >= 0.3 is 0 Å². The van der Waals surface area contributed by atoms with Crippen LogP contribution in [0, 0.1) is 5.82 Å². The highest BCUT2D eigenvalue weighted by atomic mass is 32.2. The van der Waals surface area contributed by atoms with Gasteiger partial charge in [0.05, 0.1) is 0 Å². The molecule has 0 atom stereocenters. The first-order valence-corrected chi connectivity index (χ1v) is 7.86. The molecule has 0 unspecified atom stereocenters. The Balaban J connectivity index is 1.75. The Kier molecular flexibility index (Phi) is 5.48. The van der Waals surface area contributed by atoms with Crippen LogP contribution >= 0.6 is 11.8 Å². The number of nitrogens with one attached hydrogen (secondary N) is 1. The minimum absolute atomic E-state index is 0.202. The molecule has 0 amide bonds. The fourth-order valence-electron chi connectivity index (χ4n) is 1.91. The van der Waals surface area contributed by atoms with Crippen molar-refractivity contribution in [1.29, 1.82) is 0 Å². The number of hydrogen-bond acceptors (Lipinski definition) is 2. The van der Waals surface area contributed by atoms with E-state index in [9.17, 15) is 4.39 Å². The van der Waals surface area contributed by atoms with Crippen molar-refractivity contribution in [1.82, 2.24) is 0 Å². The lowest BCUT2D eigenvalue weighted by atomic mass is 10.0. The second-order valence-electron chi connectivity index (χ2n) is 5.01. The van der Waals surface area contributed by atoms with Crippen LogP contribution in [-0.4, -0.2) is 12.3 Å². The van der Waals surface area contributed by atoms with Crippen molar-refractivity contribution in [2.45, 2.75) is 24.7 Å². The van der Waals surface area contributed by atoms with E-state index < -0.39 is 0 Å². The van der Waals surface area contributed by atoms with Gasteiger partial charge in [0, 0.05) is 22.9 Å². The van der Waals surface area contributed by atoms with Gasteiger partial charge in [0.15, 0.2) is 0 Å². The zero-order chi connectivity index (χ0) is 14.4. The molecule has 0 aliphatic heterocycles. The van der Waals surface area contributed by atoms with E-state index in [1.165, 1.54) is 22.6 Å². The van der Waals surface area contributed by atoms with Gasteiger partial charge in [-0.2, -0.15) is 0 Å². The normalized spacial score (nSPS) is 10.8. The summed E-state index contributed by atoms with van der Waals surface area (Å²) < 4.78 is 13.0. The summed E-state index contributed by atoms with van der Waals surface area (Å²) in [5.74, 6) is 1.33. The van der Waals surface area contributed by atoms with E-state index >= 15 is 0 Å². The Morgan fingerprint density at radius 1 is 1.10 bits per heavy atom. The molecule has 2 aromatic rings. The van der Waals surface area contributed by atoms with E-state index in [2.05, 4.69) is 43.4 Å². The number of rotatable bonds is 6. The van der Waals surface area contributed by atoms with Crippen LogP contribution in [0.1, 0.15) is 25.3 Å². The summed E-state index contributed by atoms with van der Waals surface area (Å²) in [6.07, 6.45) is 0. The number of benzene rings is 2. The number of halogens is 1. The van der Waals surface area contributed by atoms with Gasteiger partial charge < -0.3 is 5.32 Å². The SMILES string of the molecule is CC(C)c1ccc(SCCNc2cccc(F)c2)cc1. The Morgan fingerprint density at radius 3 is 2.50 bits per heavy atom. The quantitative estimate of drug-likeness (QED) is 0.583. The van der Waals surface area contributed by atoms with Crippen LogP contribution in [0.2, 0.25) is 0 Å². The first-order chi connectivity index (χ1) is 9.65. The predicted molar refractivity (Wildman–Crippen MR) is 86.1 cm³/mol. The third-order valence-corrected chi connectivity index (χ3v) is 4.09. The van der Waals surface area contributed by atoms with Crippen molar-refractivity contribution in [2.24, 2.45) is 0 Å². The number of anilines is 1. The van der Waals surface area contributed by atoms with Crippen LogP contribution in [0.3, 0.4) is 0 Å². The summed E-state index contributed by atoms with van der Waals surface area (Å²) in [4.78, 5) is 1.27. The summed E-state index contributed by atoms with van der Waals surface area (Å²) in [6.45, 7) is 5.22. The van der Waals surface area contributed by atoms with E-state index in [1.807, 2.05) is 17.8 Å². The van der Waals surface area contributed by atoms with Gasteiger partial charge in [0.25, 0.3) is 0 Å². The van der Waals surface area contributed by atoms with Gasteiger partial charge in [-0.3, -0.25) is 0 Å². The number of thioether (sulfide) groups is 1.